The van der Waals surface area contributed by atoms with Gasteiger partial charge in [0.1, 0.15) is 12.1 Å². The van der Waals surface area contributed by atoms with E-state index in [9.17, 15) is 9.59 Å². The first-order chi connectivity index (χ1) is 13.5. The molecule has 0 aliphatic heterocycles. The van der Waals surface area contributed by atoms with Crippen LogP contribution in [0.1, 0.15) is 20.3 Å². The second-order valence-electron chi connectivity index (χ2n) is 6.68. The number of hydrogen-bond donors (Lipinski definition) is 1. The van der Waals surface area contributed by atoms with Crippen LogP contribution in [0.4, 0.5) is 0 Å². The molecule has 1 amide bonds. The van der Waals surface area contributed by atoms with Gasteiger partial charge in [-0.05, 0) is 31.5 Å². The smallest absolute Gasteiger partial charge is 0.350 e. The molecule has 4 aromatic rings. The number of carbonyl (C=O) groups excluding carboxylic acids is 1. The summed E-state index contributed by atoms with van der Waals surface area (Å²) in [4.78, 5) is 24.8. The summed E-state index contributed by atoms with van der Waals surface area (Å²) in [5.74, 6) is -0.244. The van der Waals surface area contributed by atoms with Crippen molar-refractivity contribution in [2.24, 2.45) is 0 Å². The van der Waals surface area contributed by atoms with Crippen molar-refractivity contribution in [2.45, 2.75) is 32.9 Å². The standard InChI is InChI=1S/C19H19ClN6O2/c1-3-12(2)21-17(27)11-26-19(28)24-8-9-25-16(18(24)23-26)10-15(22-25)13-4-6-14(20)7-5-13/h4-10,12H,3,11H2,1-2H3,(H,21,27). The van der Waals surface area contributed by atoms with Crippen LogP contribution in [0.2, 0.25) is 5.02 Å². The highest BCUT2D eigenvalue weighted by Crippen LogP contribution is 2.22. The number of hydrogen-bond acceptors (Lipinski definition) is 4. The zero-order chi connectivity index (χ0) is 19.8. The van der Waals surface area contributed by atoms with Gasteiger partial charge in [-0.3, -0.25) is 4.79 Å². The molecule has 1 unspecified atom stereocenters. The van der Waals surface area contributed by atoms with Gasteiger partial charge < -0.3 is 5.32 Å². The first-order valence-electron chi connectivity index (χ1n) is 8.99. The summed E-state index contributed by atoms with van der Waals surface area (Å²) in [5.41, 5.74) is 2.38. The molecule has 1 atom stereocenters. The van der Waals surface area contributed by atoms with Crippen molar-refractivity contribution in [3.05, 3.63) is 58.2 Å². The number of aromatic nitrogens is 5. The van der Waals surface area contributed by atoms with Gasteiger partial charge in [0.15, 0.2) is 5.65 Å². The zero-order valence-electron chi connectivity index (χ0n) is 15.5. The van der Waals surface area contributed by atoms with Gasteiger partial charge in [0, 0.05) is 29.0 Å². The lowest BCUT2D eigenvalue weighted by Gasteiger charge is -2.10. The van der Waals surface area contributed by atoms with Crippen molar-refractivity contribution < 1.29 is 4.79 Å². The third-order valence-corrected chi connectivity index (χ3v) is 4.90. The topological polar surface area (TPSA) is 85.7 Å². The molecular formula is C19H19ClN6O2. The first kappa shape index (κ1) is 18.2. The SMILES string of the molecule is CCC(C)NC(=O)Cn1nc2c3cc(-c4ccc(Cl)cc4)nn3ccn2c1=O. The van der Waals surface area contributed by atoms with Crippen molar-refractivity contribution in [1.29, 1.82) is 0 Å². The quantitative estimate of drug-likeness (QED) is 0.559. The lowest BCUT2D eigenvalue weighted by molar-refractivity contribution is -0.122. The second-order valence-corrected chi connectivity index (χ2v) is 7.11. The Hall–Kier alpha value is -3.13. The predicted octanol–water partition coefficient (Wildman–Crippen LogP) is 2.38. The van der Waals surface area contributed by atoms with Gasteiger partial charge in [-0.15, -0.1) is 5.10 Å². The Morgan fingerprint density at radius 3 is 2.68 bits per heavy atom. The monoisotopic (exact) mass is 398 g/mol. The summed E-state index contributed by atoms with van der Waals surface area (Å²) in [7, 11) is 0. The molecule has 0 radical (unpaired) electrons. The fourth-order valence-corrected chi connectivity index (χ4v) is 3.08. The van der Waals surface area contributed by atoms with Gasteiger partial charge in [-0.25, -0.2) is 18.4 Å². The van der Waals surface area contributed by atoms with E-state index in [4.69, 9.17) is 11.6 Å². The van der Waals surface area contributed by atoms with Gasteiger partial charge in [0.05, 0.1) is 5.69 Å². The van der Waals surface area contributed by atoms with Crippen molar-refractivity contribution in [3.8, 4) is 11.3 Å². The van der Waals surface area contributed by atoms with Crippen LogP contribution in [0, 0.1) is 0 Å². The van der Waals surface area contributed by atoms with Crippen LogP contribution in [0.5, 0.6) is 0 Å². The maximum absolute atomic E-state index is 12.6. The lowest BCUT2D eigenvalue weighted by atomic mass is 10.1. The molecule has 9 heteroatoms. The molecule has 1 aromatic carbocycles. The fraction of sp³-hybridized carbons (Fsp3) is 0.263. The largest absolute Gasteiger partial charge is 0.352 e. The fourth-order valence-electron chi connectivity index (χ4n) is 2.96. The number of halogens is 1. The van der Waals surface area contributed by atoms with E-state index in [1.807, 2.05) is 32.0 Å². The Bertz CT molecular complexity index is 1220. The molecule has 0 spiro atoms. The van der Waals surface area contributed by atoms with Crippen LogP contribution >= 0.6 is 11.6 Å². The summed E-state index contributed by atoms with van der Waals surface area (Å²) >= 11 is 5.95. The zero-order valence-corrected chi connectivity index (χ0v) is 16.2. The molecular weight excluding hydrogens is 380 g/mol. The third kappa shape index (κ3) is 3.27. The minimum atomic E-state index is -0.369. The third-order valence-electron chi connectivity index (χ3n) is 4.65. The predicted molar refractivity (Wildman–Crippen MR) is 107 cm³/mol. The molecule has 0 aliphatic rings. The van der Waals surface area contributed by atoms with Crippen LogP contribution in [-0.2, 0) is 11.3 Å². The Morgan fingerprint density at radius 1 is 1.21 bits per heavy atom. The van der Waals surface area contributed by atoms with Gasteiger partial charge in [-0.2, -0.15) is 5.10 Å². The van der Waals surface area contributed by atoms with Crippen LogP contribution in [0.25, 0.3) is 22.4 Å². The number of nitrogens with zero attached hydrogens (tertiary/aromatic N) is 5. The van der Waals surface area contributed by atoms with E-state index in [0.717, 1.165) is 17.7 Å². The highest BCUT2D eigenvalue weighted by Gasteiger charge is 2.15. The van der Waals surface area contributed by atoms with Gasteiger partial charge in [0.2, 0.25) is 5.91 Å². The van der Waals surface area contributed by atoms with Gasteiger partial charge >= 0.3 is 5.69 Å². The van der Waals surface area contributed by atoms with E-state index in [2.05, 4.69) is 15.5 Å². The van der Waals surface area contributed by atoms with Crippen molar-refractivity contribution >= 4 is 28.7 Å². The average molecular weight is 399 g/mol. The van der Waals surface area contributed by atoms with Gasteiger partial charge in [0.25, 0.3) is 0 Å². The molecule has 1 N–H and O–H groups in total. The second kappa shape index (κ2) is 7.12. The number of rotatable bonds is 5. The molecule has 0 fully saturated rings. The van der Waals surface area contributed by atoms with Crippen LogP contribution < -0.4 is 11.0 Å². The Kier molecular flexibility index (Phi) is 4.64. The molecule has 0 bridgehead atoms. The molecule has 28 heavy (non-hydrogen) atoms. The van der Waals surface area contributed by atoms with E-state index in [1.165, 1.54) is 9.08 Å². The summed E-state index contributed by atoms with van der Waals surface area (Å²) < 4.78 is 4.25. The molecule has 3 heterocycles. The lowest BCUT2D eigenvalue weighted by Crippen LogP contribution is -2.37. The Labute approximate surface area is 165 Å². The Balaban J connectivity index is 1.74. The number of benzene rings is 1. The van der Waals surface area contributed by atoms with E-state index in [-0.39, 0.29) is 24.2 Å². The minimum absolute atomic E-state index is 0.0451. The van der Waals surface area contributed by atoms with Crippen LogP contribution in [-0.4, -0.2) is 35.7 Å². The van der Waals surface area contributed by atoms with E-state index in [0.29, 0.717) is 16.2 Å². The summed E-state index contributed by atoms with van der Waals surface area (Å²) in [6.45, 7) is 3.77. The van der Waals surface area contributed by atoms with E-state index >= 15 is 0 Å². The van der Waals surface area contributed by atoms with E-state index < -0.39 is 0 Å². The Morgan fingerprint density at radius 2 is 1.96 bits per heavy atom. The van der Waals surface area contributed by atoms with Crippen molar-refractivity contribution in [2.75, 3.05) is 0 Å². The van der Waals surface area contributed by atoms with Gasteiger partial charge in [-0.1, -0.05) is 30.7 Å². The molecule has 8 nitrogen and oxygen atoms in total. The van der Waals surface area contributed by atoms with Crippen molar-refractivity contribution in [1.82, 2.24) is 29.1 Å². The molecule has 0 saturated heterocycles. The number of amides is 1. The molecule has 144 valence electrons. The minimum Gasteiger partial charge on any atom is -0.352 e. The highest BCUT2D eigenvalue weighted by atomic mass is 35.5. The van der Waals surface area contributed by atoms with Crippen molar-refractivity contribution in [3.63, 3.8) is 0 Å². The normalized spacial score (nSPS) is 12.5. The summed E-state index contributed by atoms with van der Waals surface area (Å²) in [5, 5.41) is 12.4. The average Bonchev–Trinajstić information content (AvgIpc) is 3.24. The number of nitrogens with one attached hydrogen (secondary N) is 1. The summed E-state index contributed by atoms with van der Waals surface area (Å²) in [6.07, 6.45) is 4.10. The number of fused-ring (bicyclic) bond motifs is 3. The van der Waals surface area contributed by atoms with Crippen LogP contribution in [0.3, 0.4) is 0 Å². The molecule has 0 aliphatic carbocycles. The highest BCUT2D eigenvalue weighted by molar-refractivity contribution is 6.30. The maximum atomic E-state index is 12.6. The first-order valence-corrected chi connectivity index (χ1v) is 9.37. The van der Waals surface area contributed by atoms with Crippen LogP contribution in [0.15, 0.2) is 47.5 Å². The maximum Gasteiger partial charge on any atom is 0.350 e. The number of carbonyl (C=O) groups is 1. The summed E-state index contributed by atoms with van der Waals surface area (Å²) in [6, 6.07) is 9.26. The molecule has 4 rings (SSSR count). The molecule has 3 aromatic heterocycles. The van der Waals surface area contributed by atoms with E-state index in [1.54, 1.807) is 29.0 Å². The molecule has 0 saturated carbocycles.